The molecule has 0 fully saturated rings. The van der Waals surface area contributed by atoms with E-state index in [1.54, 1.807) is 7.05 Å². The van der Waals surface area contributed by atoms with Gasteiger partial charge < -0.3 is 16.0 Å². The molecule has 3 N–H and O–H groups in total. The van der Waals surface area contributed by atoms with Crippen LogP contribution in [0.1, 0.15) is 18.0 Å². The van der Waals surface area contributed by atoms with Crippen LogP contribution in [-0.4, -0.2) is 26.0 Å². The summed E-state index contributed by atoms with van der Waals surface area (Å²) in [6, 6.07) is 8.13. The van der Waals surface area contributed by atoms with Gasteiger partial charge in [0.15, 0.2) is 0 Å². The molecule has 0 saturated carbocycles. The number of nitrogens with zero attached hydrogens (tertiary/aromatic N) is 1. The van der Waals surface area contributed by atoms with E-state index in [0.717, 1.165) is 24.2 Å². The molecule has 4 heteroatoms. The van der Waals surface area contributed by atoms with Gasteiger partial charge in [-0.05, 0) is 18.1 Å². The molecule has 2 rings (SSSR count). The largest absolute Gasteiger partial charge is 0.362 e. The Balaban J connectivity index is 2.24. The van der Waals surface area contributed by atoms with Crippen molar-refractivity contribution in [2.75, 3.05) is 25.0 Å². The van der Waals surface area contributed by atoms with Gasteiger partial charge in [-0.25, -0.2) is 0 Å². The van der Waals surface area contributed by atoms with Gasteiger partial charge >= 0.3 is 0 Å². The summed E-state index contributed by atoms with van der Waals surface area (Å²) in [5.41, 5.74) is 8.27. The predicted molar refractivity (Wildman–Crippen MR) is 64.3 cm³/mol. The molecule has 1 aliphatic heterocycles. The van der Waals surface area contributed by atoms with E-state index in [2.05, 4.69) is 10.2 Å². The van der Waals surface area contributed by atoms with Gasteiger partial charge in [0.2, 0.25) is 5.91 Å². The normalized spacial score (nSPS) is 19.1. The van der Waals surface area contributed by atoms with E-state index in [1.807, 2.05) is 24.3 Å². The summed E-state index contributed by atoms with van der Waals surface area (Å²) in [4.78, 5) is 13.5. The lowest BCUT2D eigenvalue weighted by molar-refractivity contribution is -0.119. The van der Waals surface area contributed by atoms with Crippen LogP contribution < -0.4 is 16.0 Å². The monoisotopic (exact) mass is 219 g/mol. The van der Waals surface area contributed by atoms with Crippen molar-refractivity contribution in [2.45, 2.75) is 12.5 Å². The smallest absolute Gasteiger partial charge is 0.239 e. The van der Waals surface area contributed by atoms with E-state index in [4.69, 9.17) is 5.73 Å². The first kappa shape index (κ1) is 11.0. The first-order chi connectivity index (χ1) is 7.72. The lowest BCUT2D eigenvalue weighted by Gasteiger charge is -2.33. The number of para-hydroxylation sites is 1. The Labute approximate surface area is 95.4 Å². The quantitative estimate of drug-likeness (QED) is 0.767. The average Bonchev–Trinajstić information content (AvgIpc) is 2.33. The Bertz CT molecular complexity index is 392. The van der Waals surface area contributed by atoms with Crippen LogP contribution in [0.3, 0.4) is 0 Å². The zero-order chi connectivity index (χ0) is 11.5. The minimum absolute atomic E-state index is 0.0327. The van der Waals surface area contributed by atoms with Crippen molar-refractivity contribution < 1.29 is 4.79 Å². The Kier molecular flexibility index (Phi) is 3.10. The molecule has 86 valence electrons. The standard InChI is InChI=1S/C12H17N3O/c1-14-12(16)8-15-7-6-10(13)9-4-2-3-5-11(9)15/h2-5,10H,6-8,13H2,1H3,(H,14,16). The third-order valence-corrected chi connectivity index (χ3v) is 3.00. The number of hydrogen-bond donors (Lipinski definition) is 2. The summed E-state index contributed by atoms with van der Waals surface area (Å²) >= 11 is 0. The number of hydrogen-bond acceptors (Lipinski definition) is 3. The molecule has 1 heterocycles. The third kappa shape index (κ3) is 2.02. The molecular weight excluding hydrogens is 202 g/mol. The minimum Gasteiger partial charge on any atom is -0.362 e. The van der Waals surface area contributed by atoms with Crippen molar-refractivity contribution in [3.05, 3.63) is 29.8 Å². The molecule has 1 atom stereocenters. The van der Waals surface area contributed by atoms with E-state index in [0.29, 0.717) is 6.54 Å². The summed E-state index contributed by atoms with van der Waals surface area (Å²) in [7, 11) is 1.66. The zero-order valence-electron chi connectivity index (χ0n) is 9.44. The Hall–Kier alpha value is -1.55. The summed E-state index contributed by atoms with van der Waals surface area (Å²) in [6.07, 6.45) is 0.897. The summed E-state index contributed by atoms with van der Waals surface area (Å²) in [5.74, 6) is 0.0327. The van der Waals surface area contributed by atoms with Gasteiger partial charge in [0.25, 0.3) is 0 Å². The highest BCUT2D eigenvalue weighted by atomic mass is 16.1. The van der Waals surface area contributed by atoms with Crippen molar-refractivity contribution in [1.82, 2.24) is 5.32 Å². The lowest BCUT2D eigenvalue weighted by atomic mass is 9.97. The van der Waals surface area contributed by atoms with Crippen LogP contribution in [0.4, 0.5) is 5.69 Å². The first-order valence-corrected chi connectivity index (χ1v) is 5.52. The van der Waals surface area contributed by atoms with Crippen molar-refractivity contribution in [3.63, 3.8) is 0 Å². The summed E-state index contributed by atoms with van der Waals surface area (Å²) in [5, 5.41) is 2.64. The molecule has 0 aliphatic carbocycles. The fraction of sp³-hybridized carbons (Fsp3) is 0.417. The molecule has 1 unspecified atom stereocenters. The Morgan fingerprint density at radius 2 is 2.31 bits per heavy atom. The maximum absolute atomic E-state index is 11.4. The van der Waals surface area contributed by atoms with Crippen LogP contribution in [0.2, 0.25) is 0 Å². The van der Waals surface area contributed by atoms with Gasteiger partial charge in [0, 0.05) is 25.3 Å². The van der Waals surface area contributed by atoms with E-state index in [-0.39, 0.29) is 11.9 Å². The minimum atomic E-state index is 0.0327. The molecule has 1 aromatic rings. The Morgan fingerprint density at radius 1 is 1.56 bits per heavy atom. The van der Waals surface area contributed by atoms with E-state index in [1.165, 1.54) is 0 Å². The number of nitrogens with one attached hydrogen (secondary N) is 1. The summed E-state index contributed by atoms with van der Waals surface area (Å²) in [6.45, 7) is 1.24. The van der Waals surface area contributed by atoms with Gasteiger partial charge in [-0.2, -0.15) is 0 Å². The molecule has 0 bridgehead atoms. The van der Waals surface area contributed by atoms with E-state index in [9.17, 15) is 4.79 Å². The zero-order valence-corrected chi connectivity index (χ0v) is 9.44. The fourth-order valence-corrected chi connectivity index (χ4v) is 2.08. The highest BCUT2D eigenvalue weighted by Crippen LogP contribution is 2.31. The highest BCUT2D eigenvalue weighted by molar-refractivity contribution is 5.81. The number of fused-ring (bicyclic) bond motifs is 1. The second-order valence-corrected chi connectivity index (χ2v) is 4.05. The van der Waals surface area contributed by atoms with Crippen molar-refractivity contribution >= 4 is 11.6 Å². The van der Waals surface area contributed by atoms with E-state index < -0.39 is 0 Å². The molecular formula is C12H17N3O. The van der Waals surface area contributed by atoms with Crippen LogP contribution in [-0.2, 0) is 4.79 Å². The van der Waals surface area contributed by atoms with Crippen LogP contribution >= 0.6 is 0 Å². The third-order valence-electron chi connectivity index (χ3n) is 3.00. The van der Waals surface area contributed by atoms with Gasteiger partial charge in [0.05, 0.1) is 6.54 Å². The number of carbonyl (C=O) groups is 1. The molecule has 16 heavy (non-hydrogen) atoms. The lowest BCUT2D eigenvalue weighted by Crippen LogP contribution is -2.40. The molecule has 1 aliphatic rings. The number of benzene rings is 1. The molecule has 1 aromatic carbocycles. The van der Waals surface area contributed by atoms with Crippen LogP contribution in [0.5, 0.6) is 0 Å². The molecule has 0 spiro atoms. The second kappa shape index (κ2) is 4.53. The van der Waals surface area contributed by atoms with Crippen LogP contribution in [0.15, 0.2) is 24.3 Å². The van der Waals surface area contributed by atoms with Gasteiger partial charge in [-0.1, -0.05) is 18.2 Å². The number of anilines is 1. The molecule has 4 nitrogen and oxygen atoms in total. The molecule has 0 radical (unpaired) electrons. The molecule has 0 aromatic heterocycles. The SMILES string of the molecule is CNC(=O)CN1CCC(N)c2ccccc21. The van der Waals surface area contributed by atoms with Crippen molar-refractivity contribution in [1.29, 1.82) is 0 Å². The molecule has 0 saturated heterocycles. The number of nitrogens with two attached hydrogens (primary N) is 1. The number of amides is 1. The predicted octanol–water partition coefficient (Wildman–Crippen LogP) is 0.643. The highest BCUT2D eigenvalue weighted by Gasteiger charge is 2.22. The van der Waals surface area contributed by atoms with Crippen LogP contribution in [0, 0.1) is 0 Å². The Morgan fingerprint density at radius 3 is 3.06 bits per heavy atom. The number of rotatable bonds is 2. The summed E-state index contributed by atoms with van der Waals surface area (Å²) < 4.78 is 0. The fourth-order valence-electron chi connectivity index (χ4n) is 2.08. The van der Waals surface area contributed by atoms with Gasteiger partial charge in [-0.3, -0.25) is 4.79 Å². The van der Waals surface area contributed by atoms with E-state index >= 15 is 0 Å². The molecule has 1 amide bonds. The van der Waals surface area contributed by atoms with Gasteiger partial charge in [0.1, 0.15) is 0 Å². The average molecular weight is 219 g/mol. The first-order valence-electron chi connectivity index (χ1n) is 5.52. The van der Waals surface area contributed by atoms with Gasteiger partial charge in [-0.15, -0.1) is 0 Å². The van der Waals surface area contributed by atoms with Crippen molar-refractivity contribution in [2.24, 2.45) is 5.73 Å². The maximum atomic E-state index is 11.4. The maximum Gasteiger partial charge on any atom is 0.239 e. The number of carbonyl (C=O) groups excluding carboxylic acids is 1. The van der Waals surface area contributed by atoms with Crippen molar-refractivity contribution in [3.8, 4) is 0 Å². The number of likely N-dealkylation sites (N-methyl/N-ethyl adjacent to an activating group) is 1. The second-order valence-electron chi connectivity index (χ2n) is 4.05. The topological polar surface area (TPSA) is 58.4 Å². The van der Waals surface area contributed by atoms with Crippen LogP contribution in [0.25, 0.3) is 0 Å².